The number of ketones is 1. The van der Waals surface area contributed by atoms with Crippen LogP contribution in [-0.2, 0) is 49.3 Å². The number of nitrogens with zero attached hydrogens (tertiary/aromatic N) is 4. The molecular weight excluding hydrogens is 1060 g/mol. The van der Waals surface area contributed by atoms with Gasteiger partial charge in [-0.3, -0.25) is 19.4 Å². The Balaban J connectivity index is 1.18. The van der Waals surface area contributed by atoms with Crippen molar-refractivity contribution in [1.29, 1.82) is 0 Å². The van der Waals surface area contributed by atoms with Crippen LogP contribution in [0.3, 0.4) is 0 Å². The van der Waals surface area contributed by atoms with Gasteiger partial charge in [0.05, 0.1) is 72.3 Å². The third-order valence-electron chi connectivity index (χ3n) is 17.0. The van der Waals surface area contributed by atoms with Crippen molar-refractivity contribution in [1.82, 2.24) is 14.8 Å². The van der Waals surface area contributed by atoms with E-state index < -0.39 is 101 Å². The molecule has 1 aliphatic carbocycles. The van der Waals surface area contributed by atoms with E-state index in [4.69, 9.17) is 61.1 Å². The van der Waals surface area contributed by atoms with Gasteiger partial charge in [0, 0.05) is 99.5 Å². The van der Waals surface area contributed by atoms with E-state index in [0.717, 1.165) is 31.4 Å². The number of likely N-dealkylation sites (N-methyl/N-ethyl adjacent to an activating group) is 1. The fourth-order valence-electron chi connectivity index (χ4n) is 12.4. The Morgan fingerprint density at radius 2 is 1.62 bits per heavy atom. The zero-order valence-electron chi connectivity index (χ0n) is 46.6. The number of aliphatic hydroxyl groups excluding tert-OH is 2. The standard InChI is InChI=1S/C56H82Cl2N4O14S/c1-12-44-56(8)45(49(52(67)76-56)77-24-21-62(30-38-39(57)28-59-29-40(38)58)36-17-18-42(69-10)43(26-36)73-37-15-13-14-16-37)33(4)46(63)31(2)27-55(7,70-11)50(34(5)47(64)35(6)51(66)74-44)75-53-48(65)41(25-32(3)72-53)60(9)54(68)61-19-22-71-23-20-61/h17-18,26,28-29,31-35,37,41,44-45,47-50,53,64-65H,12-16,19-25,27,30H2,1-11H3/t31-,32-,33-,34+,35-,41+,44-,45+,47+,48-,49+,50-,53+,55-,56-/m1/s1. The number of fused-ring (bicyclic) bond motifs is 1. The topological polar surface area (TPSA) is 205 Å². The Hall–Kier alpha value is -3.66. The van der Waals surface area contributed by atoms with Gasteiger partial charge in [0.15, 0.2) is 23.4 Å². The van der Waals surface area contributed by atoms with Crippen molar-refractivity contribution in [3.63, 3.8) is 0 Å². The number of esters is 2. The Bertz CT molecular complexity index is 2340. The van der Waals surface area contributed by atoms with Crippen LogP contribution in [0.2, 0.25) is 10.0 Å². The summed E-state index contributed by atoms with van der Waals surface area (Å²) in [6.45, 7) is 16.4. The minimum absolute atomic E-state index is 0.0676. The zero-order chi connectivity index (χ0) is 56.1. The van der Waals surface area contributed by atoms with Crippen LogP contribution in [0.25, 0.3) is 0 Å². The van der Waals surface area contributed by atoms with Gasteiger partial charge in [-0.2, -0.15) is 0 Å². The van der Waals surface area contributed by atoms with Gasteiger partial charge in [-0.25, -0.2) is 4.79 Å². The number of morpholine rings is 1. The first-order valence-electron chi connectivity index (χ1n) is 27.3. The van der Waals surface area contributed by atoms with Gasteiger partial charge in [-0.1, -0.05) is 50.9 Å². The van der Waals surface area contributed by atoms with E-state index in [1.807, 2.05) is 32.0 Å². The highest BCUT2D eigenvalue weighted by Gasteiger charge is 2.62. The van der Waals surface area contributed by atoms with Crippen LogP contribution in [0.1, 0.15) is 106 Å². The minimum atomic E-state index is -1.46. The van der Waals surface area contributed by atoms with Gasteiger partial charge >= 0.3 is 18.0 Å². The molecule has 4 aliphatic heterocycles. The van der Waals surface area contributed by atoms with E-state index >= 15 is 4.79 Å². The van der Waals surface area contributed by atoms with Crippen LogP contribution in [0.5, 0.6) is 11.5 Å². The molecule has 21 heteroatoms. The van der Waals surface area contributed by atoms with Crippen molar-refractivity contribution < 1.29 is 67.3 Å². The molecule has 5 fully saturated rings. The number of hydrogen-bond donors (Lipinski definition) is 2. The summed E-state index contributed by atoms with van der Waals surface area (Å²) in [4.78, 5) is 67.4. The first kappa shape index (κ1) is 61.0. The number of carbonyl (C=O) groups is 4. The second-order valence-electron chi connectivity index (χ2n) is 22.2. The SMILES string of the molecule is CC[C@H]1OC(=O)[C@H](C)[C@@H](O)[C@H](C)[C@@H](O[C@@H]2O[C@H](C)C[C@H](N(C)C(=O)N3CCOCC3)[C@H]2O)[C@](C)(OC)C[C@@H](C)C(=O)[C@H](C)[C@H]2[C@H](SCCN(Cc3c(Cl)cncc3Cl)c3ccc(OC)c(OC4CCCC4)c3)C(=O)O[C@@]21C. The maximum Gasteiger partial charge on any atom is 0.320 e. The largest absolute Gasteiger partial charge is 0.493 e. The summed E-state index contributed by atoms with van der Waals surface area (Å²) in [6, 6.07) is 4.79. The van der Waals surface area contributed by atoms with Crippen LogP contribution in [-0.4, -0.2) is 174 Å². The van der Waals surface area contributed by atoms with E-state index in [2.05, 4.69) is 9.88 Å². The highest BCUT2D eigenvalue weighted by Crippen LogP contribution is 2.49. The van der Waals surface area contributed by atoms with Gasteiger partial charge in [-0.15, -0.1) is 11.8 Å². The van der Waals surface area contributed by atoms with E-state index in [0.29, 0.717) is 72.1 Å². The molecular formula is C56H82Cl2N4O14S. The number of pyridine rings is 1. The van der Waals surface area contributed by atoms with E-state index in [1.54, 1.807) is 73.0 Å². The predicted molar refractivity (Wildman–Crippen MR) is 292 cm³/mol. The van der Waals surface area contributed by atoms with E-state index in [1.165, 1.54) is 23.8 Å². The number of hydrogen-bond acceptors (Lipinski definition) is 17. The Kier molecular flexibility index (Phi) is 20.8. The normalized spacial score (nSPS) is 34.7. The second-order valence-corrected chi connectivity index (χ2v) is 24.3. The summed E-state index contributed by atoms with van der Waals surface area (Å²) in [6.07, 6.45) is 1.27. The lowest BCUT2D eigenvalue weighted by molar-refractivity contribution is -0.300. The van der Waals surface area contributed by atoms with Gasteiger partial charge < -0.3 is 62.8 Å². The van der Waals surface area contributed by atoms with Crippen molar-refractivity contribution in [3.05, 3.63) is 46.2 Å². The number of methoxy groups -OCH3 is 2. The van der Waals surface area contributed by atoms with Crippen LogP contribution < -0.4 is 14.4 Å². The number of benzene rings is 1. The van der Waals surface area contributed by atoms with Gasteiger partial charge in [0.1, 0.15) is 23.2 Å². The highest BCUT2D eigenvalue weighted by molar-refractivity contribution is 8.00. The Labute approximate surface area is 468 Å². The maximum absolute atomic E-state index is 15.3. The highest BCUT2D eigenvalue weighted by atomic mass is 35.5. The molecule has 18 nitrogen and oxygen atoms in total. The second kappa shape index (κ2) is 26.3. The molecule has 0 radical (unpaired) electrons. The van der Waals surface area contributed by atoms with Crippen molar-refractivity contribution in [2.45, 2.75) is 172 Å². The molecule has 1 aromatic heterocycles. The number of aromatic nitrogens is 1. The van der Waals surface area contributed by atoms with Gasteiger partial charge in [-0.05, 0) is 84.8 Å². The van der Waals surface area contributed by atoms with Crippen LogP contribution in [0.4, 0.5) is 10.5 Å². The quantitative estimate of drug-likeness (QED) is 0.162. The van der Waals surface area contributed by atoms with Crippen LogP contribution in [0, 0.1) is 29.6 Å². The first-order valence-corrected chi connectivity index (χ1v) is 29.2. The maximum atomic E-state index is 15.3. The predicted octanol–water partition coefficient (Wildman–Crippen LogP) is 8.00. The lowest BCUT2D eigenvalue weighted by atomic mass is 9.70. The summed E-state index contributed by atoms with van der Waals surface area (Å²) in [5.41, 5.74) is -1.34. The van der Waals surface area contributed by atoms with E-state index in [-0.39, 0.29) is 37.3 Å². The third kappa shape index (κ3) is 13.4. The number of thioether (sulfide) groups is 1. The molecule has 77 heavy (non-hydrogen) atoms. The van der Waals surface area contributed by atoms with Crippen molar-refractivity contribution in [3.8, 4) is 11.5 Å². The summed E-state index contributed by atoms with van der Waals surface area (Å²) in [5.74, 6) is -4.22. The number of cyclic esters (lactones) is 1. The summed E-state index contributed by atoms with van der Waals surface area (Å²) in [7, 11) is 4.74. The van der Waals surface area contributed by atoms with Crippen LogP contribution in [0.15, 0.2) is 30.6 Å². The van der Waals surface area contributed by atoms with Crippen molar-refractivity contribution in [2.75, 3.05) is 64.8 Å². The Morgan fingerprint density at radius 1 is 0.948 bits per heavy atom. The number of Topliss-reactive ketones (excluding diaryl/α,β-unsaturated/α-hetero) is 1. The van der Waals surface area contributed by atoms with Gasteiger partial charge in [0.2, 0.25) is 0 Å². The monoisotopic (exact) mass is 1140 g/mol. The third-order valence-corrected chi connectivity index (χ3v) is 18.9. The number of carbonyl (C=O) groups excluding carboxylic acids is 4. The number of urea groups is 1. The molecule has 5 heterocycles. The molecule has 1 saturated carbocycles. The first-order chi connectivity index (χ1) is 36.6. The van der Waals surface area contributed by atoms with Gasteiger partial charge in [0.25, 0.3) is 0 Å². The lowest BCUT2D eigenvalue weighted by Crippen LogP contribution is -2.62. The summed E-state index contributed by atoms with van der Waals surface area (Å²) < 4.78 is 49.9. The molecule has 0 spiro atoms. The molecule has 0 unspecified atom stereocenters. The van der Waals surface area contributed by atoms with Crippen molar-refractivity contribution in [2.24, 2.45) is 29.6 Å². The molecule has 2 N–H and O–H groups in total. The minimum Gasteiger partial charge on any atom is -0.493 e. The average molecular weight is 1140 g/mol. The molecule has 1 aromatic carbocycles. The zero-order valence-corrected chi connectivity index (χ0v) is 48.9. The fourth-order valence-corrected chi connectivity index (χ4v) is 14.4. The molecule has 2 aromatic rings. The number of rotatable bonds is 15. The number of aliphatic hydroxyl groups is 2. The Morgan fingerprint density at radius 3 is 2.26 bits per heavy atom. The van der Waals surface area contributed by atoms with Crippen LogP contribution >= 0.6 is 35.0 Å². The molecule has 430 valence electrons. The number of anilines is 1. The molecule has 5 aliphatic rings. The average Bonchev–Trinajstić information content (AvgIpc) is 4.07. The summed E-state index contributed by atoms with van der Waals surface area (Å²) in [5, 5.41) is 24.2. The van der Waals surface area contributed by atoms with Crippen molar-refractivity contribution >= 4 is 64.4 Å². The number of amides is 2. The van der Waals surface area contributed by atoms with E-state index in [9.17, 15) is 24.6 Å². The lowest BCUT2D eigenvalue weighted by Gasteiger charge is -2.48. The number of ether oxygens (including phenoxy) is 8. The molecule has 4 saturated heterocycles. The molecule has 2 amide bonds. The molecule has 15 atom stereocenters. The smallest absolute Gasteiger partial charge is 0.320 e. The fraction of sp³-hybridized carbons (Fsp3) is 0.732. The molecule has 0 bridgehead atoms. The number of halogens is 2. The summed E-state index contributed by atoms with van der Waals surface area (Å²) >= 11 is 14.8. The molecule has 7 rings (SSSR count).